The minimum Gasteiger partial charge on any atom is -0.444 e. The number of nitro benzene ring substituents is 1. The van der Waals surface area contributed by atoms with Gasteiger partial charge in [-0.3, -0.25) is 19.8 Å². The summed E-state index contributed by atoms with van der Waals surface area (Å²) in [5.41, 5.74) is 1.88. The number of hydrogen-bond acceptors (Lipinski definition) is 7. The number of aliphatic hydroxyl groups excluding tert-OH is 1. The van der Waals surface area contributed by atoms with Crippen molar-refractivity contribution in [2.24, 2.45) is 5.41 Å². The molecule has 2 N–H and O–H groups in total. The Labute approximate surface area is 210 Å². The number of aliphatic hydroxyl groups is 1. The van der Waals surface area contributed by atoms with Crippen molar-refractivity contribution in [2.45, 2.75) is 52.3 Å². The molecule has 0 saturated carbocycles. The molecule has 0 radical (unpaired) electrons. The number of nitro groups is 1. The van der Waals surface area contributed by atoms with E-state index in [1.54, 1.807) is 17.0 Å². The van der Waals surface area contributed by atoms with Crippen molar-refractivity contribution in [3.05, 3.63) is 63.7 Å². The first-order valence-electron chi connectivity index (χ1n) is 12.1. The lowest BCUT2D eigenvalue weighted by molar-refractivity contribution is -0.384. The monoisotopic (exact) mass is 496 g/mol. The van der Waals surface area contributed by atoms with E-state index >= 15 is 0 Å². The van der Waals surface area contributed by atoms with Gasteiger partial charge in [0.15, 0.2) is 0 Å². The van der Waals surface area contributed by atoms with E-state index in [-0.39, 0.29) is 42.0 Å². The highest BCUT2D eigenvalue weighted by molar-refractivity contribution is 5.96. The third kappa shape index (κ3) is 5.13. The van der Waals surface area contributed by atoms with Crippen LogP contribution in [0.1, 0.15) is 49.5 Å². The smallest absolute Gasteiger partial charge is 0.414 e. The van der Waals surface area contributed by atoms with Gasteiger partial charge in [0, 0.05) is 36.3 Å². The van der Waals surface area contributed by atoms with Crippen molar-refractivity contribution in [1.29, 1.82) is 0 Å². The Morgan fingerprint density at radius 1 is 1.19 bits per heavy atom. The van der Waals surface area contributed by atoms with Crippen molar-refractivity contribution >= 4 is 29.1 Å². The first-order chi connectivity index (χ1) is 17.1. The summed E-state index contributed by atoms with van der Waals surface area (Å²) in [5.74, 6) is -0.473. The molecule has 2 aliphatic rings. The Morgan fingerprint density at radius 2 is 1.89 bits per heavy atom. The number of nitrogens with one attached hydrogen (secondary N) is 1. The lowest BCUT2D eigenvalue weighted by Gasteiger charge is -2.40. The zero-order valence-corrected chi connectivity index (χ0v) is 20.8. The maximum Gasteiger partial charge on any atom is 0.414 e. The summed E-state index contributed by atoms with van der Waals surface area (Å²) < 4.78 is 5.35. The second-order valence-corrected chi connectivity index (χ2v) is 10.3. The Bertz CT molecular complexity index is 1150. The number of carbonyl (C=O) groups excluding carboxylic acids is 2. The summed E-state index contributed by atoms with van der Waals surface area (Å²) in [5, 5.41) is 24.3. The van der Waals surface area contributed by atoms with Gasteiger partial charge in [-0.15, -0.1) is 0 Å². The summed E-state index contributed by atoms with van der Waals surface area (Å²) in [6, 6.07) is 11.5. The molecule has 4 rings (SSSR count). The molecule has 192 valence electrons. The van der Waals surface area contributed by atoms with Gasteiger partial charge in [0.25, 0.3) is 11.6 Å². The van der Waals surface area contributed by atoms with E-state index in [2.05, 4.69) is 5.32 Å². The van der Waals surface area contributed by atoms with Crippen LogP contribution in [0.25, 0.3) is 0 Å². The third-order valence-electron chi connectivity index (χ3n) is 6.94. The molecular formula is C26H32N4O6. The molecule has 1 saturated heterocycles. The molecule has 2 heterocycles. The second kappa shape index (κ2) is 10.1. The molecule has 1 fully saturated rings. The molecule has 0 unspecified atom stereocenters. The molecule has 2 amide bonds. The second-order valence-electron chi connectivity index (χ2n) is 10.3. The molecule has 0 aliphatic carbocycles. The van der Waals surface area contributed by atoms with E-state index in [1.807, 2.05) is 49.9 Å². The standard InChI is InChI=1S/C26H32N4O6/c1-26(2,3)23(15-31)27-24(32)17-8-9-21(22(14-17)30(34)35)28-12-10-19(11-13-28)29-20-7-5-4-6-18(20)16-36-25(29)33/h4-9,14,19,23,31H,10-13,15-16H2,1-3H3,(H,27,32)/t23-/m1/s1. The Hall–Kier alpha value is -3.66. The predicted octanol–water partition coefficient (Wildman–Crippen LogP) is 3.86. The van der Waals surface area contributed by atoms with Gasteiger partial charge in [-0.1, -0.05) is 39.0 Å². The fourth-order valence-corrected chi connectivity index (χ4v) is 4.74. The van der Waals surface area contributed by atoms with Crippen LogP contribution in [0.5, 0.6) is 0 Å². The first-order valence-corrected chi connectivity index (χ1v) is 12.1. The highest BCUT2D eigenvalue weighted by atomic mass is 16.6. The number of hydrogen-bond donors (Lipinski definition) is 2. The lowest BCUT2D eigenvalue weighted by atomic mass is 9.87. The third-order valence-corrected chi connectivity index (χ3v) is 6.94. The fourth-order valence-electron chi connectivity index (χ4n) is 4.74. The largest absolute Gasteiger partial charge is 0.444 e. The number of ether oxygens (including phenoxy) is 1. The number of fused-ring (bicyclic) bond motifs is 1. The van der Waals surface area contributed by atoms with Crippen LogP contribution >= 0.6 is 0 Å². The van der Waals surface area contributed by atoms with Crippen LogP contribution in [0.15, 0.2) is 42.5 Å². The van der Waals surface area contributed by atoms with Crippen LogP contribution in [0.2, 0.25) is 0 Å². The number of benzene rings is 2. The van der Waals surface area contributed by atoms with E-state index in [0.29, 0.717) is 31.6 Å². The van der Waals surface area contributed by atoms with Crippen LogP contribution in [0.3, 0.4) is 0 Å². The number of nitrogens with zero attached hydrogens (tertiary/aromatic N) is 3. The fraction of sp³-hybridized carbons (Fsp3) is 0.462. The topological polar surface area (TPSA) is 125 Å². The number of amides is 2. The Balaban J connectivity index is 1.50. The zero-order valence-electron chi connectivity index (χ0n) is 20.8. The van der Waals surface area contributed by atoms with Gasteiger partial charge in [0.2, 0.25) is 0 Å². The van der Waals surface area contributed by atoms with E-state index in [4.69, 9.17) is 4.74 Å². The van der Waals surface area contributed by atoms with E-state index in [0.717, 1.165) is 11.3 Å². The van der Waals surface area contributed by atoms with Crippen molar-refractivity contribution in [3.63, 3.8) is 0 Å². The number of rotatable bonds is 6. The predicted molar refractivity (Wildman–Crippen MR) is 135 cm³/mol. The van der Waals surface area contributed by atoms with Crippen LogP contribution in [0, 0.1) is 15.5 Å². The first kappa shape index (κ1) is 25.4. The number of cyclic esters (lactones) is 1. The summed E-state index contributed by atoms with van der Waals surface area (Å²) in [6.07, 6.45) is 0.865. The van der Waals surface area contributed by atoms with Gasteiger partial charge >= 0.3 is 6.09 Å². The zero-order chi connectivity index (χ0) is 26.0. The SMILES string of the molecule is CC(C)(C)[C@@H](CO)NC(=O)c1ccc(N2CCC(N3C(=O)OCc4ccccc43)CC2)c([N+](=O)[O-])c1. The van der Waals surface area contributed by atoms with Crippen molar-refractivity contribution in [1.82, 2.24) is 5.32 Å². The molecule has 0 spiro atoms. The average molecular weight is 497 g/mol. The normalized spacial score (nSPS) is 17.3. The lowest BCUT2D eigenvalue weighted by Crippen LogP contribution is -2.49. The van der Waals surface area contributed by atoms with Crippen molar-refractivity contribution in [3.8, 4) is 0 Å². The summed E-state index contributed by atoms with van der Waals surface area (Å²) in [4.78, 5) is 40.4. The van der Waals surface area contributed by atoms with Crippen LogP contribution < -0.4 is 15.1 Å². The molecule has 10 heteroatoms. The Morgan fingerprint density at radius 3 is 2.53 bits per heavy atom. The molecule has 1 atom stereocenters. The quantitative estimate of drug-likeness (QED) is 0.459. The minimum atomic E-state index is -0.491. The summed E-state index contributed by atoms with van der Waals surface area (Å²) >= 11 is 0. The van der Waals surface area contributed by atoms with Gasteiger partial charge in [-0.25, -0.2) is 4.79 Å². The average Bonchev–Trinajstić information content (AvgIpc) is 2.86. The molecule has 0 bridgehead atoms. The van der Waals surface area contributed by atoms with E-state index in [1.165, 1.54) is 6.07 Å². The highest BCUT2D eigenvalue weighted by Crippen LogP contribution is 2.35. The van der Waals surface area contributed by atoms with Crippen LogP contribution in [-0.2, 0) is 11.3 Å². The molecular weight excluding hydrogens is 464 g/mol. The highest BCUT2D eigenvalue weighted by Gasteiger charge is 2.35. The number of carbonyl (C=O) groups is 2. The molecule has 2 aromatic rings. The van der Waals surface area contributed by atoms with Gasteiger partial charge in [-0.05, 0) is 36.5 Å². The van der Waals surface area contributed by atoms with Gasteiger partial charge in [0.05, 0.1) is 23.3 Å². The molecule has 0 aromatic heterocycles. The van der Waals surface area contributed by atoms with Gasteiger partial charge < -0.3 is 20.1 Å². The maximum atomic E-state index is 12.8. The molecule has 2 aromatic carbocycles. The van der Waals surface area contributed by atoms with E-state index < -0.39 is 16.9 Å². The van der Waals surface area contributed by atoms with Crippen molar-refractivity contribution in [2.75, 3.05) is 29.5 Å². The number of anilines is 2. The molecule has 2 aliphatic heterocycles. The molecule has 10 nitrogen and oxygen atoms in total. The number of piperidine rings is 1. The summed E-state index contributed by atoms with van der Waals surface area (Å²) in [7, 11) is 0. The number of para-hydroxylation sites is 1. The molecule has 36 heavy (non-hydrogen) atoms. The van der Waals surface area contributed by atoms with Gasteiger partial charge in [0.1, 0.15) is 12.3 Å². The maximum absolute atomic E-state index is 12.8. The minimum absolute atomic E-state index is 0.0767. The van der Waals surface area contributed by atoms with E-state index in [9.17, 15) is 24.8 Å². The van der Waals surface area contributed by atoms with Gasteiger partial charge in [-0.2, -0.15) is 0 Å². The Kier molecular flexibility index (Phi) is 7.16. The van der Waals surface area contributed by atoms with Crippen LogP contribution in [-0.4, -0.2) is 53.8 Å². The summed E-state index contributed by atoms with van der Waals surface area (Å²) in [6.45, 7) is 6.73. The van der Waals surface area contributed by atoms with Crippen LogP contribution in [0.4, 0.5) is 21.9 Å². The van der Waals surface area contributed by atoms with Crippen molar-refractivity contribution < 1.29 is 24.4 Å².